The highest BCUT2D eigenvalue weighted by Crippen LogP contribution is 2.08. The predicted octanol–water partition coefficient (Wildman–Crippen LogP) is -0.260. The summed E-state index contributed by atoms with van der Waals surface area (Å²) in [5.74, 6) is 0. The highest BCUT2D eigenvalue weighted by molar-refractivity contribution is 4.59. The van der Waals surface area contributed by atoms with E-state index in [0.717, 1.165) is 0 Å². The topological polar surface area (TPSA) is 38.7 Å². The quantitative estimate of drug-likeness (QED) is 0.515. The van der Waals surface area contributed by atoms with E-state index in [1.165, 1.54) is 0 Å². The summed E-state index contributed by atoms with van der Waals surface area (Å²) >= 11 is 0. The van der Waals surface area contributed by atoms with Gasteiger partial charge >= 0.3 is 0 Å². The Hall–Kier alpha value is -0.120. The first kappa shape index (κ1) is 6.01. The second-order valence-electron chi connectivity index (χ2n) is 1.84. The molecular formula is C5H10O3. The van der Waals surface area contributed by atoms with Gasteiger partial charge in [0, 0.05) is 0 Å². The standard InChI is InChI=1S/C5H10O3/c1-4-7-3-5(2-6)8-4/h4-6H,2-3H2,1H3/t4-,5-/m1/s1. The zero-order chi connectivity index (χ0) is 5.98. The molecule has 1 N–H and O–H groups in total. The maximum Gasteiger partial charge on any atom is 0.155 e. The Morgan fingerprint density at radius 2 is 2.50 bits per heavy atom. The van der Waals surface area contributed by atoms with Gasteiger partial charge in [-0.1, -0.05) is 0 Å². The minimum atomic E-state index is -0.132. The van der Waals surface area contributed by atoms with Crippen LogP contribution in [0.3, 0.4) is 0 Å². The molecule has 3 heteroatoms. The number of aliphatic hydroxyl groups excluding tert-OH is 1. The van der Waals surface area contributed by atoms with Crippen LogP contribution in [0.1, 0.15) is 6.92 Å². The van der Waals surface area contributed by atoms with Gasteiger partial charge in [0.05, 0.1) is 13.2 Å². The van der Waals surface area contributed by atoms with Gasteiger partial charge in [-0.25, -0.2) is 0 Å². The van der Waals surface area contributed by atoms with E-state index in [9.17, 15) is 0 Å². The van der Waals surface area contributed by atoms with Crippen LogP contribution in [-0.2, 0) is 9.47 Å². The van der Waals surface area contributed by atoms with E-state index in [2.05, 4.69) is 0 Å². The highest BCUT2D eigenvalue weighted by Gasteiger charge is 2.20. The lowest BCUT2D eigenvalue weighted by Crippen LogP contribution is -2.14. The van der Waals surface area contributed by atoms with Crippen molar-refractivity contribution in [2.45, 2.75) is 19.3 Å². The van der Waals surface area contributed by atoms with Gasteiger partial charge in [0.25, 0.3) is 0 Å². The monoisotopic (exact) mass is 118 g/mol. The largest absolute Gasteiger partial charge is 0.394 e. The molecule has 2 atom stereocenters. The molecule has 1 aliphatic heterocycles. The van der Waals surface area contributed by atoms with Crippen molar-refractivity contribution in [2.75, 3.05) is 13.2 Å². The molecule has 0 aromatic rings. The summed E-state index contributed by atoms with van der Waals surface area (Å²) in [6.07, 6.45) is -0.225. The van der Waals surface area contributed by atoms with Gasteiger partial charge in [0.15, 0.2) is 6.29 Å². The smallest absolute Gasteiger partial charge is 0.155 e. The van der Waals surface area contributed by atoms with Crippen molar-refractivity contribution in [3.05, 3.63) is 0 Å². The number of hydrogen-bond donors (Lipinski definition) is 1. The van der Waals surface area contributed by atoms with Crippen LogP contribution in [0.25, 0.3) is 0 Å². The molecule has 8 heavy (non-hydrogen) atoms. The van der Waals surface area contributed by atoms with Crippen molar-refractivity contribution in [2.24, 2.45) is 0 Å². The van der Waals surface area contributed by atoms with Gasteiger partial charge in [-0.3, -0.25) is 0 Å². The van der Waals surface area contributed by atoms with E-state index in [-0.39, 0.29) is 19.0 Å². The van der Waals surface area contributed by atoms with Gasteiger partial charge in [-0.05, 0) is 6.92 Å². The van der Waals surface area contributed by atoms with Crippen molar-refractivity contribution in [1.29, 1.82) is 0 Å². The van der Waals surface area contributed by atoms with Crippen LogP contribution in [-0.4, -0.2) is 30.7 Å². The second kappa shape index (κ2) is 2.44. The molecule has 0 radical (unpaired) electrons. The zero-order valence-corrected chi connectivity index (χ0v) is 4.83. The molecule has 0 bridgehead atoms. The summed E-state index contributed by atoms with van der Waals surface area (Å²) in [7, 11) is 0. The number of ether oxygens (including phenoxy) is 2. The third kappa shape index (κ3) is 1.18. The van der Waals surface area contributed by atoms with E-state index in [1.54, 1.807) is 0 Å². The average Bonchev–Trinajstić information content (AvgIpc) is 2.14. The van der Waals surface area contributed by atoms with Crippen LogP contribution in [0.4, 0.5) is 0 Å². The Bertz CT molecular complexity index is 74.1. The van der Waals surface area contributed by atoms with Crippen LogP contribution in [0, 0.1) is 0 Å². The van der Waals surface area contributed by atoms with Crippen LogP contribution < -0.4 is 0 Å². The summed E-state index contributed by atoms with van der Waals surface area (Å²) < 4.78 is 10.0. The van der Waals surface area contributed by atoms with Crippen molar-refractivity contribution in [1.82, 2.24) is 0 Å². The number of rotatable bonds is 1. The third-order valence-electron chi connectivity index (χ3n) is 1.10. The summed E-state index contributed by atoms with van der Waals surface area (Å²) in [4.78, 5) is 0. The molecule has 3 nitrogen and oxygen atoms in total. The fourth-order valence-electron chi connectivity index (χ4n) is 0.688. The van der Waals surface area contributed by atoms with Gasteiger partial charge in [0.2, 0.25) is 0 Å². The van der Waals surface area contributed by atoms with Crippen molar-refractivity contribution in [3.63, 3.8) is 0 Å². The molecule has 1 aliphatic rings. The zero-order valence-electron chi connectivity index (χ0n) is 4.83. The Morgan fingerprint density at radius 3 is 2.75 bits per heavy atom. The molecule has 48 valence electrons. The second-order valence-corrected chi connectivity index (χ2v) is 1.84. The minimum Gasteiger partial charge on any atom is -0.394 e. The van der Waals surface area contributed by atoms with E-state index in [4.69, 9.17) is 14.6 Å². The fraction of sp³-hybridized carbons (Fsp3) is 1.00. The molecule has 0 amide bonds. The molecule has 0 aromatic carbocycles. The van der Waals surface area contributed by atoms with E-state index < -0.39 is 0 Å². The normalized spacial score (nSPS) is 38.2. The third-order valence-corrected chi connectivity index (χ3v) is 1.10. The average molecular weight is 118 g/mol. The Morgan fingerprint density at radius 1 is 1.75 bits per heavy atom. The molecule has 1 saturated heterocycles. The lowest BCUT2D eigenvalue weighted by atomic mass is 10.4. The molecule has 1 rings (SSSR count). The van der Waals surface area contributed by atoms with E-state index in [0.29, 0.717) is 6.61 Å². The lowest BCUT2D eigenvalue weighted by Gasteiger charge is -2.01. The van der Waals surface area contributed by atoms with Crippen LogP contribution in [0.5, 0.6) is 0 Å². The Kier molecular flexibility index (Phi) is 1.83. The number of hydrogen-bond acceptors (Lipinski definition) is 3. The molecule has 0 aliphatic carbocycles. The predicted molar refractivity (Wildman–Crippen MR) is 27.4 cm³/mol. The molecule has 1 heterocycles. The fourth-order valence-corrected chi connectivity index (χ4v) is 0.688. The lowest BCUT2D eigenvalue weighted by molar-refractivity contribution is -0.0505. The van der Waals surface area contributed by atoms with Gasteiger partial charge in [-0.2, -0.15) is 0 Å². The minimum absolute atomic E-state index is 0.0599. The molecule has 0 aromatic heterocycles. The first-order valence-corrected chi connectivity index (χ1v) is 2.71. The van der Waals surface area contributed by atoms with Gasteiger partial charge < -0.3 is 14.6 Å². The first-order valence-electron chi connectivity index (χ1n) is 2.71. The molecule has 0 spiro atoms. The van der Waals surface area contributed by atoms with Crippen LogP contribution in [0.2, 0.25) is 0 Å². The molecule has 1 fully saturated rings. The SMILES string of the molecule is C[C@@H]1OC[C@@H](CO)O1. The Labute approximate surface area is 48.2 Å². The first-order chi connectivity index (χ1) is 3.83. The van der Waals surface area contributed by atoms with Crippen molar-refractivity contribution >= 4 is 0 Å². The highest BCUT2D eigenvalue weighted by atomic mass is 16.7. The molecule has 0 saturated carbocycles. The molecule has 0 unspecified atom stereocenters. The van der Waals surface area contributed by atoms with Crippen LogP contribution in [0.15, 0.2) is 0 Å². The van der Waals surface area contributed by atoms with Gasteiger partial charge in [-0.15, -0.1) is 0 Å². The molecular weight excluding hydrogens is 108 g/mol. The number of aliphatic hydroxyl groups is 1. The maximum atomic E-state index is 8.48. The van der Waals surface area contributed by atoms with E-state index >= 15 is 0 Å². The maximum absolute atomic E-state index is 8.48. The summed E-state index contributed by atoms with van der Waals surface area (Å²) in [5, 5.41) is 8.48. The van der Waals surface area contributed by atoms with Crippen molar-refractivity contribution < 1.29 is 14.6 Å². The summed E-state index contributed by atoms with van der Waals surface area (Å²) in [5.41, 5.74) is 0. The Balaban J connectivity index is 2.22. The van der Waals surface area contributed by atoms with Gasteiger partial charge in [0.1, 0.15) is 6.10 Å². The van der Waals surface area contributed by atoms with Crippen molar-refractivity contribution in [3.8, 4) is 0 Å². The summed E-state index contributed by atoms with van der Waals surface area (Å²) in [6.45, 7) is 2.40. The summed E-state index contributed by atoms with van der Waals surface area (Å²) in [6, 6.07) is 0. The van der Waals surface area contributed by atoms with Crippen LogP contribution >= 0.6 is 0 Å². The van der Waals surface area contributed by atoms with E-state index in [1.807, 2.05) is 6.92 Å².